The van der Waals surface area contributed by atoms with E-state index in [1.54, 1.807) is 41.0 Å². The van der Waals surface area contributed by atoms with Crippen molar-refractivity contribution < 1.29 is 8.42 Å². The second-order valence-corrected chi connectivity index (χ2v) is 5.81. The molecule has 0 aliphatic carbocycles. The van der Waals surface area contributed by atoms with E-state index in [-0.39, 0.29) is 11.4 Å². The number of aromatic nitrogens is 4. The van der Waals surface area contributed by atoms with E-state index >= 15 is 0 Å². The zero-order valence-electron chi connectivity index (χ0n) is 10.5. The van der Waals surface area contributed by atoms with Gasteiger partial charge in [-0.05, 0) is 6.07 Å². The molecule has 0 amide bonds. The van der Waals surface area contributed by atoms with Gasteiger partial charge in [-0.3, -0.25) is 4.68 Å². The minimum absolute atomic E-state index is 0.217. The Labute approximate surface area is 111 Å². The Hall–Kier alpha value is -1.71. The molecule has 2 aromatic heterocycles. The summed E-state index contributed by atoms with van der Waals surface area (Å²) in [4.78, 5) is 0.217. The number of sulfonamides is 1. The van der Waals surface area contributed by atoms with Crippen LogP contribution in [0, 0.1) is 0 Å². The predicted molar refractivity (Wildman–Crippen MR) is 68.5 cm³/mol. The van der Waals surface area contributed by atoms with E-state index in [0.29, 0.717) is 13.1 Å². The van der Waals surface area contributed by atoms with Gasteiger partial charge >= 0.3 is 0 Å². The van der Waals surface area contributed by atoms with Gasteiger partial charge in [-0.15, -0.1) is 5.10 Å². The maximum Gasteiger partial charge on any atom is 0.242 e. The molecule has 0 aromatic carbocycles. The van der Waals surface area contributed by atoms with Gasteiger partial charge in [-0.25, -0.2) is 13.1 Å². The molecule has 9 heteroatoms. The largest absolute Gasteiger partial charge is 0.352 e. The van der Waals surface area contributed by atoms with Crippen molar-refractivity contribution in [2.24, 2.45) is 12.8 Å². The first kappa shape index (κ1) is 13.7. The third-order valence-electron chi connectivity index (χ3n) is 2.71. The average molecular weight is 284 g/mol. The van der Waals surface area contributed by atoms with Gasteiger partial charge in [0.1, 0.15) is 0 Å². The van der Waals surface area contributed by atoms with Gasteiger partial charge in [0.05, 0.1) is 17.6 Å². The highest BCUT2D eigenvalue weighted by Gasteiger charge is 2.16. The highest BCUT2D eigenvalue weighted by molar-refractivity contribution is 7.89. The van der Waals surface area contributed by atoms with Crippen molar-refractivity contribution in [1.82, 2.24) is 24.3 Å². The van der Waals surface area contributed by atoms with Crippen LogP contribution in [0.5, 0.6) is 0 Å². The van der Waals surface area contributed by atoms with E-state index in [2.05, 4.69) is 15.0 Å². The van der Waals surface area contributed by atoms with Crippen LogP contribution >= 0.6 is 0 Å². The summed E-state index contributed by atoms with van der Waals surface area (Å²) in [6.07, 6.45) is 4.75. The van der Waals surface area contributed by atoms with Gasteiger partial charge in [0.25, 0.3) is 0 Å². The van der Waals surface area contributed by atoms with E-state index in [4.69, 9.17) is 5.73 Å². The molecule has 2 rings (SSSR count). The standard InChI is InChI=1S/C10H16N6O2S/c1-15-8-10(6-9(15)7-11)19(17,18)13-3-5-16-4-2-12-14-16/h2,4,6,8,13H,3,5,7,11H2,1H3. The number of rotatable bonds is 6. The molecule has 0 spiro atoms. The van der Waals surface area contributed by atoms with Crippen LogP contribution in [0.15, 0.2) is 29.6 Å². The summed E-state index contributed by atoms with van der Waals surface area (Å²) in [6.45, 7) is 0.972. The topological polar surface area (TPSA) is 108 Å². The van der Waals surface area contributed by atoms with Gasteiger partial charge in [-0.1, -0.05) is 5.21 Å². The first-order valence-corrected chi connectivity index (χ1v) is 7.20. The smallest absolute Gasteiger partial charge is 0.242 e. The molecule has 19 heavy (non-hydrogen) atoms. The molecule has 0 saturated heterocycles. The lowest BCUT2D eigenvalue weighted by molar-refractivity contribution is 0.553. The number of nitrogens with two attached hydrogens (primary N) is 1. The lowest BCUT2D eigenvalue weighted by Gasteiger charge is -2.04. The highest BCUT2D eigenvalue weighted by atomic mass is 32.2. The van der Waals surface area contributed by atoms with Crippen molar-refractivity contribution in [1.29, 1.82) is 0 Å². The molecule has 0 saturated carbocycles. The molecule has 0 atom stereocenters. The van der Waals surface area contributed by atoms with Crippen molar-refractivity contribution in [2.75, 3.05) is 6.54 Å². The first-order chi connectivity index (χ1) is 9.03. The van der Waals surface area contributed by atoms with Crippen LogP contribution in [0.3, 0.4) is 0 Å². The summed E-state index contributed by atoms with van der Waals surface area (Å²) < 4.78 is 29.8. The summed E-state index contributed by atoms with van der Waals surface area (Å²) in [5.41, 5.74) is 6.28. The fraction of sp³-hybridized carbons (Fsp3) is 0.400. The van der Waals surface area contributed by atoms with Crippen LogP contribution in [0.25, 0.3) is 0 Å². The van der Waals surface area contributed by atoms with E-state index in [0.717, 1.165) is 5.69 Å². The molecule has 0 radical (unpaired) electrons. The fourth-order valence-corrected chi connectivity index (χ4v) is 2.77. The molecule has 0 bridgehead atoms. The van der Waals surface area contributed by atoms with Crippen molar-refractivity contribution in [3.8, 4) is 0 Å². The van der Waals surface area contributed by atoms with Gasteiger partial charge in [0.15, 0.2) is 0 Å². The molecule has 3 N–H and O–H groups in total. The lowest BCUT2D eigenvalue weighted by atomic mass is 10.4. The quantitative estimate of drug-likeness (QED) is 0.711. The summed E-state index contributed by atoms with van der Waals surface area (Å²) in [6, 6.07) is 1.57. The Kier molecular flexibility index (Phi) is 3.98. The molecule has 8 nitrogen and oxygen atoms in total. The molecule has 104 valence electrons. The average Bonchev–Trinajstić information content (AvgIpc) is 2.98. The Morgan fingerprint density at radius 2 is 2.26 bits per heavy atom. The summed E-state index contributed by atoms with van der Waals surface area (Å²) in [7, 11) is -1.75. The molecule has 2 aromatic rings. The summed E-state index contributed by atoms with van der Waals surface area (Å²) in [5.74, 6) is 0. The van der Waals surface area contributed by atoms with E-state index in [9.17, 15) is 8.42 Å². The van der Waals surface area contributed by atoms with Crippen molar-refractivity contribution in [3.63, 3.8) is 0 Å². The lowest BCUT2D eigenvalue weighted by Crippen LogP contribution is -2.27. The Morgan fingerprint density at radius 1 is 1.47 bits per heavy atom. The third-order valence-corrected chi connectivity index (χ3v) is 4.14. The number of hydrogen-bond acceptors (Lipinski definition) is 5. The maximum atomic E-state index is 12.0. The van der Waals surface area contributed by atoms with Gasteiger partial charge in [0, 0.05) is 38.2 Å². The van der Waals surface area contributed by atoms with Gasteiger partial charge < -0.3 is 10.3 Å². The second-order valence-electron chi connectivity index (χ2n) is 4.05. The SMILES string of the molecule is Cn1cc(S(=O)(=O)NCCn2ccnn2)cc1CN. The monoisotopic (exact) mass is 284 g/mol. The van der Waals surface area contributed by atoms with E-state index in [1.165, 1.54) is 0 Å². The summed E-state index contributed by atoms with van der Waals surface area (Å²) >= 11 is 0. The molecular formula is C10H16N6O2S. The molecule has 0 fully saturated rings. The van der Waals surface area contributed by atoms with Gasteiger partial charge in [-0.2, -0.15) is 0 Å². The minimum Gasteiger partial charge on any atom is -0.352 e. The van der Waals surface area contributed by atoms with E-state index in [1.807, 2.05) is 0 Å². The molecule has 2 heterocycles. The van der Waals surface area contributed by atoms with Crippen LogP contribution in [0.2, 0.25) is 0 Å². The summed E-state index contributed by atoms with van der Waals surface area (Å²) in [5, 5.41) is 7.39. The number of aryl methyl sites for hydroxylation is 1. The van der Waals surface area contributed by atoms with Crippen molar-refractivity contribution in [3.05, 3.63) is 30.4 Å². The number of nitrogens with one attached hydrogen (secondary N) is 1. The van der Waals surface area contributed by atoms with Crippen LogP contribution in [-0.2, 0) is 30.2 Å². The minimum atomic E-state index is -3.51. The molecule has 0 aliphatic rings. The second kappa shape index (κ2) is 5.51. The van der Waals surface area contributed by atoms with Crippen LogP contribution in [0.1, 0.15) is 5.69 Å². The highest BCUT2D eigenvalue weighted by Crippen LogP contribution is 2.12. The fourth-order valence-electron chi connectivity index (χ4n) is 1.66. The van der Waals surface area contributed by atoms with Crippen molar-refractivity contribution >= 4 is 10.0 Å². The zero-order valence-corrected chi connectivity index (χ0v) is 11.3. The van der Waals surface area contributed by atoms with Crippen LogP contribution < -0.4 is 10.5 Å². The Balaban J connectivity index is 2.01. The first-order valence-electron chi connectivity index (χ1n) is 5.72. The molecule has 0 unspecified atom stereocenters. The molecular weight excluding hydrogens is 268 g/mol. The maximum absolute atomic E-state index is 12.0. The van der Waals surface area contributed by atoms with Crippen LogP contribution in [-0.4, -0.2) is 34.5 Å². The Morgan fingerprint density at radius 3 is 2.84 bits per heavy atom. The molecule has 0 aliphatic heterocycles. The predicted octanol–water partition coefficient (Wildman–Crippen LogP) is -0.946. The third kappa shape index (κ3) is 3.19. The normalized spacial score (nSPS) is 11.9. The van der Waals surface area contributed by atoms with E-state index < -0.39 is 10.0 Å². The van der Waals surface area contributed by atoms with Gasteiger partial charge in [0.2, 0.25) is 10.0 Å². The number of nitrogens with zero attached hydrogens (tertiary/aromatic N) is 4. The zero-order chi connectivity index (χ0) is 13.9. The van der Waals surface area contributed by atoms with Crippen molar-refractivity contribution in [2.45, 2.75) is 18.0 Å². The Bertz CT molecular complexity index is 631. The van der Waals surface area contributed by atoms with Crippen LogP contribution in [0.4, 0.5) is 0 Å². The number of hydrogen-bond donors (Lipinski definition) is 2.